The molecule has 4 heteroatoms. The van der Waals surface area contributed by atoms with E-state index in [2.05, 4.69) is 0 Å². The van der Waals surface area contributed by atoms with Crippen LogP contribution in [0.15, 0.2) is 9.93 Å². The van der Waals surface area contributed by atoms with Crippen LogP contribution in [0.4, 0.5) is 0 Å². The van der Waals surface area contributed by atoms with Gasteiger partial charge >= 0.3 is 0 Å². The van der Waals surface area contributed by atoms with Crippen molar-refractivity contribution >= 4 is 23.5 Å². The van der Waals surface area contributed by atoms with Crippen LogP contribution in [-0.2, 0) is 0 Å². The van der Waals surface area contributed by atoms with Gasteiger partial charge in [0.2, 0.25) is 0 Å². The molecule has 0 saturated carbocycles. The molecule has 2 nitrogen and oxygen atoms in total. The number of rotatable bonds is 2. The summed E-state index contributed by atoms with van der Waals surface area (Å²) in [5.74, 6) is 0. The molecule has 0 aliphatic carbocycles. The maximum Gasteiger partial charge on any atom is 0.131 e. The Morgan fingerprint density at radius 3 is 2.00 bits per heavy atom. The van der Waals surface area contributed by atoms with E-state index in [1.165, 1.54) is 23.5 Å². The first-order valence-corrected chi connectivity index (χ1v) is 4.69. The summed E-state index contributed by atoms with van der Waals surface area (Å²) in [6, 6.07) is 1.88. The third-order valence-corrected chi connectivity index (χ3v) is 2.89. The van der Waals surface area contributed by atoms with Crippen molar-refractivity contribution in [2.75, 3.05) is 12.5 Å². The topological polar surface area (TPSA) is 49.8 Å². The normalized spacial score (nSPS) is 8.11. The fraction of sp³-hybridized carbons (Fsp3) is 0.400. The molecule has 2 N–H and O–H groups in total. The Hall–Kier alpha value is -0.270. The molecule has 0 aliphatic heterocycles. The van der Waals surface area contributed by atoms with Gasteiger partial charge in [0.1, 0.15) is 11.8 Å². The summed E-state index contributed by atoms with van der Waals surface area (Å²) < 4.78 is 0.887. The highest BCUT2D eigenvalue weighted by atomic mass is 32.2. The molecule has 0 atom stereocenters. The Balaban J connectivity index is 4.23. The lowest BCUT2D eigenvalue weighted by Gasteiger charge is -1.96. The van der Waals surface area contributed by atoms with Gasteiger partial charge in [0.05, 0.1) is 4.24 Å². The van der Waals surface area contributed by atoms with Crippen LogP contribution < -0.4 is 5.73 Å². The molecular formula is C5H8N2S2. The van der Waals surface area contributed by atoms with Crippen molar-refractivity contribution in [2.45, 2.75) is 0 Å². The highest BCUT2D eigenvalue weighted by Crippen LogP contribution is 2.24. The Labute approximate surface area is 63.5 Å². The van der Waals surface area contributed by atoms with Crippen LogP contribution in [0.3, 0.4) is 0 Å². The third kappa shape index (κ3) is 2.68. The van der Waals surface area contributed by atoms with E-state index in [1.807, 2.05) is 18.6 Å². The summed E-state index contributed by atoms with van der Waals surface area (Å²) in [5.41, 5.74) is 5.63. The molecule has 0 saturated heterocycles. The summed E-state index contributed by atoms with van der Waals surface area (Å²) >= 11 is 3.00. The first kappa shape index (κ1) is 8.73. The fourth-order valence-corrected chi connectivity index (χ4v) is 1.55. The van der Waals surface area contributed by atoms with E-state index in [1.54, 1.807) is 0 Å². The minimum absolute atomic E-state index is 0.315. The molecule has 0 radical (unpaired) electrons. The van der Waals surface area contributed by atoms with E-state index < -0.39 is 0 Å². The summed E-state index contributed by atoms with van der Waals surface area (Å²) in [5, 5.41) is 8.31. The van der Waals surface area contributed by atoms with Gasteiger partial charge in [0, 0.05) is 0 Å². The van der Waals surface area contributed by atoms with Crippen LogP contribution in [0.5, 0.6) is 0 Å². The molecule has 0 aromatic rings. The number of nitrogens with zero attached hydrogens (tertiary/aromatic N) is 1. The van der Waals surface area contributed by atoms with Gasteiger partial charge in [-0.05, 0) is 12.5 Å². The molecule has 0 aliphatic rings. The Bertz CT molecular complexity index is 151. The van der Waals surface area contributed by atoms with E-state index >= 15 is 0 Å². The predicted molar refractivity (Wildman–Crippen MR) is 43.9 cm³/mol. The second-order valence-corrected chi connectivity index (χ2v) is 3.11. The van der Waals surface area contributed by atoms with Crippen molar-refractivity contribution in [2.24, 2.45) is 5.73 Å². The van der Waals surface area contributed by atoms with Crippen LogP contribution in [0, 0.1) is 11.3 Å². The largest absolute Gasteiger partial charge is 0.389 e. The maximum absolute atomic E-state index is 8.31. The van der Waals surface area contributed by atoms with Gasteiger partial charge in [-0.25, -0.2) is 0 Å². The molecule has 0 aromatic heterocycles. The monoisotopic (exact) mass is 160 g/mol. The first-order valence-electron chi connectivity index (χ1n) is 2.24. The minimum atomic E-state index is 0.315. The van der Waals surface area contributed by atoms with E-state index in [0.29, 0.717) is 5.70 Å². The SMILES string of the molecule is CSC(SC)=C(N)C#N. The second kappa shape index (κ2) is 4.59. The number of nitriles is 1. The van der Waals surface area contributed by atoms with E-state index in [9.17, 15) is 0 Å². The van der Waals surface area contributed by atoms with Gasteiger partial charge in [-0.1, -0.05) is 0 Å². The number of hydrogen-bond donors (Lipinski definition) is 1. The third-order valence-electron chi connectivity index (χ3n) is 0.711. The number of allylic oxidation sites excluding steroid dienone is 1. The van der Waals surface area contributed by atoms with E-state index in [4.69, 9.17) is 11.0 Å². The van der Waals surface area contributed by atoms with Crippen LogP contribution in [0.25, 0.3) is 0 Å². The van der Waals surface area contributed by atoms with Crippen molar-refractivity contribution in [3.63, 3.8) is 0 Å². The Kier molecular flexibility index (Phi) is 4.46. The Morgan fingerprint density at radius 1 is 1.44 bits per heavy atom. The zero-order chi connectivity index (χ0) is 7.28. The van der Waals surface area contributed by atoms with Gasteiger partial charge < -0.3 is 5.73 Å². The summed E-state index contributed by atoms with van der Waals surface area (Å²) in [7, 11) is 0. The quantitative estimate of drug-likeness (QED) is 0.620. The maximum atomic E-state index is 8.31. The van der Waals surface area contributed by atoms with Gasteiger partial charge in [-0.3, -0.25) is 0 Å². The van der Waals surface area contributed by atoms with Crippen LogP contribution in [-0.4, -0.2) is 12.5 Å². The van der Waals surface area contributed by atoms with Gasteiger partial charge in [0.15, 0.2) is 0 Å². The van der Waals surface area contributed by atoms with E-state index in [-0.39, 0.29) is 0 Å². The standard InChI is InChI=1S/C5H8N2S2/c1-8-5(9-2)4(7)3-6/h7H2,1-2H3. The Morgan fingerprint density at radius 2 is 1.89 bits per heavy atom. The van der Waals surface area contributed by atoms with Crippen molar-refractivity contribution in [1.29, 1.82) is 5.26 Å². The van der Waals surface area contributed by atoms with Crippen molar-refractivity contribution < 1.29 is 0 Å². The lowest BCUT2D eigenvalue weighted by atomic mass is 10.6. The molecule has 0 spiro atoms. The summed E-state index contributed by atoms with van der Waals surface area (Å²) in [6.45, 7) is 0. The van der Waals surface area contributed by atoms with Crippen molar-refractivity contribution in [3.8, 4) is 6.07 Å². The number of thioether (sulfide) groups is 2. The highest BCUT2D eigenvalue weighted by molar-refractivity contribution is 8.21. The molecule has 0 unspecified atom stereocenters. The lowest BCUT2D eigenvalue weighted by molar-refractivity contribution is 1.40. The van der Waals surface area contributed by atoms with Gasteiger partial charge in [-0.15, -0.1) is 23.5 Å². The number of nitrogens with two attached hydrogens (primary N) is 1. The van der Waals surface area contributed by atoms with Gasteiger partial charge in [0.25, 0.3) is 0 Å². The molecule has 0 amide bonds. The molecule has 0 aromatic carbocycles. The molecule has 9 heavy (non-hydrogen) atoms. The molecular weight excluding hydrogens is 152 g/mol. The molecule has 50 valence electrons. The summed E-state index contributed by atoms with van der Waals surface area (Å²) in [6.07, 6.45) is 3.80. The fourth-order valence-electron chi connectivity index (χ4n) is 0.349. The first-order chi connectivity index (χ1) is 4.26. The summed E-state index contributed by atoms with van der Waals surface area (Å²) in [4.78, 5) is 0. The average Bonchev–Trinajstić information content (AvgIpc) is 1.90. The van der Waals surface area contributed by atoms with E-state index in [0.717, 1.165) is 4.24 Å². The minimum Gasteiger partial charge on any atom is -0.389 e. The zero-order valence-electron chi connectivity index (χ0n) is 5.34. The smallest absolute Gasteiger partial charge is 0.131 e. The molecule has 0 heterocycles. The van der Waals surface area contributed by atoms with Crippen LogP contribution >= 0.6 is 23.5 Å². The molecule has 0 rings (SSSR count). The second-order valence-electron chi connectivity index (χ2n) is 1.22. The van der Waals surface area contributed by atoms with Crippen molar-refractivity contribution in [1.82, 2.24) is 0 Å². The predicted octanol–water partition coefficient (Wildman–Crippen LogP) is 1.36. The highest BCUT2D eigenvalue weighted by Gasteiger charge is 1.96. The average molecular weight is 160 g/mol. The zero-order valence-corrected chi connectivity index (χ0v) is 6.97. The van der Waals surface area contributed by atoms with Crippen molar-refractivity contribution in [3.05, 3.63) is 9.93 Å². The number of hydrogen-bond acceptors (Lipinski definition) is 4. The van der Waals surface area contributed by atoms with Gasteiger partial charge in [-0.2, -0.15) is 5.26 Å². The molecule has 0 fully saturated rings. The van der Waals surface area contributed by atoms with Crippen LogP contribution in [0.2, 0.25) is 0 Å². The lowest BCUT2D eigenvalue weighted by Crippen LogP contribution is -1.94. The van der Waals surface area contributed by atoms with Crippen LogP contribution in [0.1, 0.15) is 0 Å². The molecule has 0 bridgehead atoms.